The fourth-order valence-electron chi connectivity index (χ4n) is 1.76. The fourth-order valence-corrected chi connectivity index (χ4v) is 1.76. The van der Waals surface area contributed by atoms with Crippen molar-refractivity contribution in [3.8, 4) is 0 Å². The molecule has 0 N–H and O–H groups in total. The van der Waals surface area contributed by atoms with E-state index in [0.29, 0.717) is 0 Å². The smallest absolute Gasteiger partial charge is 0.0492 e. The second-order valence-corrected chi connectivity index (χ2v) is 3.71. The lowest BCUT2D eigenvalue weighted by Gasteiger charge is -2.22. The Morgan fingerprint density at radius 2 is 2.31 bits per heavy atom. The van der Waals surface area contributed by atoms with Crippen LogP contribution in [0, 0.1) is 12.8 Å². The Morgan fingerprint density at radius 1 is 1.54 bits per heavy atom. The molecule has 2 heterocycles. The average molecular weight is 180 g/mol. The Labute approximate surface area is 78.7 Å². The summed E-state index contributed by atoms with van der Waals surface area (Å²) in [7, 11) is 0. The van der Waals surface area contributed by atoms with E-state index in [2.05, 4.69) is 22.8 Å². The molecule has 1 saturated heterocycles. The summed E-state index contributed by atoms with van der Waals surface area (Å²) in [6, 6.07) is 2.05. The van der Waals surface area contributed by atoms with Crippen molar-refractivity contribution in [3.63, 3.8) is 0 Å². The minimum absolute atomic E-state index is 0.757. The molecule has 1 fully saturated rings. The van der Waals surface area contributed by atoms with Crippen molar-refractivity contribution >= 4 is 0 Å². The summed E-state index contributed by atoms with van der Waals surface area (Å²) in [5, 5.41) is 4.29. The first-order valence-electron chi connectivity index (χ1n) is 4.92. The summed E-state index contributed by atoms with van der Waals surface area (Å²) in [5.41, 5.74) is 1.26. The van der Waals surface area contributed by atoms with Gasteiger partial charge in [0.2, 0.25) is 0 Å². The number of hydrogen-bond acceptors (Lipinski definition) is 2. The molecule has 1 aliphatic heterocycles. The number of rotatable bonds is 2. The van der Waals surface area contributed by atoms with Gasteiger partial charge in [-0.2, -0.15) is 5.10 Å². The molecule has 2 rings (SSSR count). The highest BCUT2D eigenvalue weighted by Gasteiger charge is 2.14. The predicted octanol–water partition coefficient (Wildman–Crippen LogP) is 1.62. The lowest BCUT2D eigenvalue weighted by atomic mass is 10.0. The first kappa shape index (κ1) is 8.75. The molecule has 0 aliphatic carbocycles. The summed E-state index contributed by atoms with van der Waals surface area (Å²) in [6.45, 7) is 5.00. The average Bonchev–Trinajstić information content (AvgIpc) is 2.54. The van der Waals surface area contributed by atoms with Crippen LogP contribution >= 0.6 is 0 Å². The Bertz CT molecular complexity index is 264. The topological polar surface area (TPSA) is 27.1 Å². The second kappa shape index (κ2) is 3.92. The minimum atomic E-state index is 0.757. The van der Waals surface area contributed by atoms with Crippen molar-refractivity contribution in [1.29, 1.82) is 0 Å². The van der Waals surface area contributed by atoms with Gasteiger partial charge in [-0.3, -0.25) is 4.68 Å². The number of hydrogen-bond donors (Lipinski definition) is 0. The van der Waals surface area contributed by atoms with Gasteiger partial charge in [-0.05, 0) is 31.7 Å². The molecule has 1 aromatic heterocycles. The summed E-state index contributed by atoms with van der Waals surface area (Å²) in [4.78, 5) is 0. The van der Waals surface area contributed by atoms with Crippen LogP contribution in [0.5, 0.6) is 0 Å². The van der Waals surface area contributed by atoms with Gasteiger partial charge in [0.25, 0.3) is 0 Å². The number of aromatic nitrogens is 2. The van der Waals surface area contributed by atoms with Crippen LogP contribution in [-0.2, 0) is 11.3 Å². The van der Waals surface area contributed by atoms with Crippen LogP contribution in [0.4, 0.5) is 0 Å². The first-order chi connectivity index (χ1) is 6.36. The molecular formula is C10H16N2O. The molecule has 3 nitrogen and oxygen atoms in total. The zero-order valence-corrected chi connectivity index (χ0v) is 8.07. The summed E-state index contributed by atoms with van der Waals surface area (Å²) < 4.78 is 7.41. The van der Waals surface area contributed by atoms with Crippen molar-refractivity contribution in [1.82, 2.24) is 9.78 Å². The van der Waals surface area contributed by atoms with E-state index < -0.39 is 0 Å². The Morgan fingerprint density at radius 3 is 2.92 bits per heavy atom. The van der Waals surface area contributed by atoms with Crippen LogP contribution in [0.3, 0.4) is 0 Å². The molecule has 0 unspecified atom stereocenters. The summed E-state index contributed by atoms with van der Waals surface area (Å²) in [6.07, 6.45) is 4.23. The van der Waals surface area contributed by atoms with Crippen LogP contribution in [0.15, 0.2) is 12.3 Å². The maximum Gasteiger partial charge on any atom is 0.0492 e. The third-order valence-corrected chi connectivity index (χ3v) is 2.70. The minimum Gasteiger partial charge on any atom is -0.381 e. The summed E-state index contributed by atoms with van der Waals surface area (Å²) >= 11 is 0. The third-order valence-electron chi connectivity index (χ3n) is 2.70. The van der Waals surface area contributed by atoms with Gasteiger partial charge in [-0.25, -0.2) is 0 Å². The zero-order valence-electron chi connectivity index (χ0n) is 8.07. The Balaban J connectivity index is 1.93. The van der Waals surface area contributed by atoms with Crippen LogP contribution in [-0.4, -0.2) is 23.0 Å². The van der Waals surface area contributed by atoms with Gasteiger partial charge in [-0.15, -0.1) is 0 Å². The van der Waals surface area contributed by atoms with Gasteiger partial charge in [0.1, 0.15) is 0 Å². The molecule has 1 aromatic rings. The van der Waals surface area contributed by atoms with Crippen LogP contribution in [0.1, 0.15) is 18.5 Å². The molecule has 0 bridgehead atoms. The highest BCUT2D eigenvalue weighted by Crippen LogP contribution is 2.16. The maximum absolute atomic E-state index is 5.32. The lowest BCUT2D eigenvalue weighted by Crippen LogP contribution is -2.21. The second-order valence-electron chi connectivity index (χ2n) is 3.71. The van der Waals surface area contributed by atoms with Gasteiger partial charge < -0.3 is 4.74 Å². The number of aryl methyl sites for hydroxylation is 1. The monoisotopic (exact) mass is 180 g/mol. The van der Waals surface area contributed by atoms with Gasteiger partial charge in [0.15, 0.2) is 0 Å². The van der Waals surface area contributed by atoms with E-state index in [1.54, 1.807) is 0 Å². The van der Waals surface area contributed by atoms with Gasteiger partial charge >= 0.3 is 0 Å². The number of nitrogens with zero attached hydrogens (tertiary/aromatic N) is 2. The van der Waals surface area contributed by atoms with Crippen molar-refractivity contribution in [2.45, 2.75) is 26.3 Å². The molecule has 0 aromatic carbocycles. The van der Waals surface area contributed by atoms with E-state index in [0.717, 1.165) is 25.7 Å². The van der Waals surface area contributed by atoms with Crippen LogP contribution < -0.4 is 0 Å². The highest BCUT2D eigenvalue weighted by molar-refractivity contribution is 4.96. The standard InChI is InChI=1S/C10H16N2O/c1-9-2-5-11-12(9)8-10-3-6-13-7-4-10/h2,5,10H,3-4,6-8H2,1H3. The van der Waals surface area contributed by atoms with Crippen molar-refractivity contribution in [3.05, 3.63) is 18.0 Å². The van der Waals surface area contributed by atoms with E-state index in [-0.39, 0.29) is 0 Å². The van der Waals surface area contributed by atoms with Gasteiger partial charge in [0, 0.05) is 31.6 Å². The molecule has 0 radical (unpaired) electrons. The number of ether oxygens (including phenoxy) is 1. The van der Waals surface area contributed by atoms with E-state index in [1.807, 2.05) is 6.20 Å². The van der Waals surface area contributed by atoms with Crippen molar-refractivity contribution < 1.29 is 4.74 Å². The molecular weight excluding hydrogens is 164 g/mol. The molecule has 72 valence electrons. The molecule has 0 spiro atoms. The molecule has 1 aliphatic rings. The largest absolute Gasteiger partial charge is 0.381 e. The van der Waals surface area contributed by atoms with Crippen molar-refractivity contribution in [2.75, 3.05) is 13.2 Å². The fraction of sp³-hybridized carbons (Fsp3) is 0.700. The normalized spacial score (nSPS) is 19.2. The maximum atomic E-state index is 5.32. The third kappa shape index (κ3) is 2.10. The summed E-state index contributed by atoms with van der Waals surface area (Å²) in [5.74, 6) is 0.757. The Kier molecular flexibility index (Phi) is 2.64. The quantitative estimate of drug-likeness (QED) is 0.691. The highest BCUT2D eigenvalue weighted by atomic mass is 16.5. The molecule has 3 heteroatoms. The predicted molar refractivity (Wildman–Crippen MR) is 50.5 cm³/mol. The molecule has 0 saturated carbocycles. The van der Waals surface area contributed by atoms with E-state index in [1.165, 1.54) is 18.5 Å². The van der Waals surface area contributed by atoms with Gasteiger partial charge in [-0.1, -0.05) is 0 Å². The van der Waals surface area contributed by atoms with Crippen LogP contribution in [0.2, 0.25) is 0 Å². The zero-order chi connectivity index (χ0) is 9.10. The van der Waals surface area contributed by atoms with E-state index >= 15 is 0 Å². The van der Waals surface area contributed by atoms with Crippen LogP contribution in [0.25, 0.3) is 0 Å². The molecule has 13 heavy (non-hydrogen) atoms. The molecule has 0 amide bonds. The van der Waals surface area contributed by atoms with Crippen molar-refractivity contribution in [2.24, 2.45) is 5.92 Å². The SMILES string of the molecule is Cc1ccnn1CC1CCOCC1. The van der Waals surface area contributed by atoms with E-state index in [9.17, 15) is 0 Å². The van der Waals surface area contributed by atoms with E-state index in [4.69, 9.17) is 4.74 Å². The van der Waals surface area contributed by atoms with Gasteiger partial charge in [0.05, 0.1) is 0 Å². The Hall–Kier alpha value is -0.830. The molecule has 0 atom stereocenters. The first-order valence-corrected chi connectivity index (χ1v) is 4.92. The lowest BCUT2D eigenvalue weighted by molar-refractivity contribution is 0.0599.